The summed E-state index contributed by atoms with van der Waals surface area (Å²) >= 11 is 0. The summed E-state index contributed by atoms with van der Waals surface area (Å²) in [7, 11) is 0. The molecule has 0 spiro atoms. The van der Waals surface area contributed by atoms with Gasteiger partial charge in [0.1, 0.15) is 0 Å². The van der Waals surface area contributed by atoms with Gasteiger partial charge in [-0.1, -0.05) is 27.7 Å². The number of aliphatic hydroxyl groups is 1. The Kier molecular flexibility index (Phi) is 5.57. The quantitative estimate of drug-likeness (QED) is 0.667. The summed E-state index contributed by atoms with van der Waals surface area (Å²) in [6, 6.07) is 0.547. The van der Waals surface area contributed by atoms with Crippen molar-refractivity contribution >= 4 is 0 Å². The van der Waals surface area contributed by atoms with Crippen LogP contribution in [0.15, 0.2) is 0 Å². The zero-order valence-electron chi connectivity index (χ0n) is 9.72. The van der Waals surface area contributed by atoms with Crippen LogP contribution in [0, 0.1) is 11.3 Å². The van der Waals surface area contributed by atoms with Crippen LogP contribution in [-0.4, -0.2) is 24.3 Å². The average Bonchev–Trinajstić information content (AvgIpc) is 2.00. The molecule has 0 aromatic carbocycles. The molecule has 2 nitrogen and oxygen atoms in total. The first-order valence-corrected chi connectivity index (χ1v) is 5.21. The number of hydrogen-bond donors (Lipinski definition) is 2. The third-order valence-corrected chi connectivity index (χ3v) is 2.18. The van der Waals surface area contributed by atoms with Crippen LogP contribution in [-0.2, 0) is 0 Å². The Morgan fingerprint density at radius 1 is 1.23 bits per heavy atom. The lowest BCUT2D eigenvalue weighted by Crippen LogP contribution is -2.37. The topological polar surface area (TPSA) is 32.3 Å². The van der Waals surface area contributed by atoms with Gasteiger partial charge in [-0.15, -0.1) is 0 Å². The molecule has 0 saturated heterocycles. The minimum Gasteiger partial charge on any atom is -0.396 e. The van der Waals surface area contributed by atoms with Crippen molar-refractivity contribution in [1.29, 1.82) is 0 Å². The summed E-state index contributed by atoms with van der Waals surface area (Å²) in [4.78, 5) is 0. The molecule has 0 bridgehead atoms. The van der Waals surface area contributed by atoms with Gasteiger partial charge in [-0.05, 0) is 19.3 Å². The van der Waals surface area contributed by atoms with Gasteiger partial charge in [0.25, 0.3) is 0 Å². The Hall–Kier alpha value is -0.0800. The van der Waals surface area contributed by atoms with Crippen LogP contribution in [0.1, 0.15) is 41.0 Å². The van der Waals surface area contributed by atoms with Crippen molar-refractivity contribution in [1.82, 2.24) is 5.32 Å². The molecule has 0 heterocycles. The van der Waals surface area contributed by atoms with Crippen LogP contribution in [0.3, 0.4) is 0 Å². The number of hydrogen-bond acceptors (Lipinski definition) is 2. The average molecular weight is 187 g/mol. The van der Waals surface area contributed by atoms with Gasteiger partial charge in [0.2, 0.25) is 0 Å². The Labute approximate surface area is 82.7 Å². The normalized spacial score (nSPS) is 15.0. The highest BCUT2D eigenvalue weighted by atomic mass is 16.3. The summed E-state index contributed by atoms with van der Waals surface area (Å²) in [6.45, 7) is 11.9. The van der Waals surface area contributed by atoms with E-state index in [0.717, 1.165) is 12.5 Å². The Morgan fingerprint density at radius 2 is 1.77 bits per heavy atom. The molecule has 0 aromatic rings. The maximum atomic E-state index is 9.05. The molecule has 1 unspecified atom stereocenters. The van der Waals surface area contributed by atoms with Gasteiger partial charge < -0.3 is 10.4 Å². The van der Waals surface area contributed by atoms with E-state index < -0.39 is 0 Å². The van der Waals surface area contributed by atoms with Crippen molar-refractivity contribution in [3.63, 3.8) is 0 Å². The minimum atomic E-state index is 0.00520. The smallest absolute Gasteiger partial charge is 0.0494 e. The fourth-order valence-corrected chi connectivity index (χ4v) is 1.30. The molecule has 0 aliphatic heterocycles. The molecule has 0 radical (unpaired) electrons. The maximum absolute atomic E-state index is 9.05. The standard InChI is InChI=1S/C11H25NO/c1-9(2)6-10(3)12-7-11(4,5)8-13/h9-10,12-13H,6-8H2,1-5H3. The van der Waals surface area contributed by atoms with E-state index in [1.165, 1.54) is 6.42 Å². The van der Waals surface area contributed by atoms with Crippen LogP contribution in [0.2, 0.25) is 0 Å². The summed E-state index contributed by atoms with van der Waals surface area (Å²) in [6.07, 6.45) is 1.20. The van der Waals surface area contributed by atoms with Gasteiger partial charge in [0.05, 0.1) is 0 Å². The lowest BCUT2D eigenvalue weighted by Gasteiger charge is -2.25. The van der Waals surface area contributed by atoms with Gasteiger partial charge in [-0.2, -0.15) is 0 Å². The second kappa shape index (κ2) is 5.61. The zero-order chi connectivity index (χ0) is 10.5. The van der Waals surface area contributed by atoms with E-state index in [2.05, 4.69) is 39.9 Å². The third-order valence-electron chi connectivity index (χ3n) is 2.18. The minimum absolute atomic E-state index is 0.00520. The Morgan fingerprint density at radius 3 is 2.15 bits per heavy atom. The van der Waals surface area contributed by atoms with E-state index in [1.54, 1.807) is 0 Å². The molecule has 0 amide bonds. The molecule has 80 valence electrons. The molecule has 0 saturated carbocycles. The van der Waals surface area contributed by atoms with Gasteiger partial charge >= 0.3 is 0 Å². The number of rotatable bonds is 6. The highest BCUT2D eigenvalue weighted by molar-refractivity contribution is 4.73. The molecule has 0 fully saturated rings. The molecule has 0 aromatic heterocycles. The molecular formula is C11H25NO. The zero-order valence-corrected chi connectivity index (χ0v) is 9.72. The maximum Gasteiger partial charge on any atom is 0.0494 e. The van der Waals surface area contributed by atoms with E-state index in [9.17, 15) is 0 Å². The van der Waals surface area contributed by atoms with Gasteiger partial charge in [-0.3, -0.25) is 0 Å². The summed E-state index contributed by atoms with van der Waals surface area (Å²) < 4.78 is 0. The van der Waals surface area contributed by atoms with Crippen LogP contribution >= 0.6 is 0 Å². The van der Waals surface area contributed by atoms with Crippen molar-refractivity contribution in [3.05, 3.63) is 0 Å². The molecule has 13 heavy (non-hydrogen) atoms. The Balaban J connectivity index is 3.63. The van der Waals surface area contributed by atoms with Crippen molar-refractivity contribution < 1.29 is 5.11 Å². The lowest BCUT2D eigenvalue weighted by molar-refractivity contribution is 0.152. The molecule has 0 aliphatic carbocycles. The first-order chi connectivity index (χ1) is 5.87. The predicted molar refractivity (Wildman–Crippen MR) is 57.8 cm³/mol. The van der Waals surface area contributed by atoms with Crippen LogP contribution in [0.5, 0.6) is 0 Å². The van der Waals surface area contributed by atoms with E-state index in [4.69, 9.17) is 5.11 Å². The number of aliphatic hydroxyl groups excluding tert-OH is 1. The fourth-order valence-electron chi connectivity index (χ4n) is 1.30. The molecular weight excluding hydrogens is 162 g/mol. The van der Waals surface area contributed by atoms with E-state index in [-0.39, 0.29) is 12.0 Å². The molecule has 2 heteroatoms. The van der Waals surface area contributed by atoms with Gasteiger partial charge in [0.15, 0.2) is 0 Å². The van der Waals surface area contributed by atoms with Crippen molar-refractivity contribution in [3.8, 4) is 0 Å². The van der Waals surface area contributed by atoms with Gasteiger partial charge in [-0.25, -0.2) is 0 Å². The fraction of sp³-hybridized carbons (Fsp3) is 1.00. The monoisotopic (exact) mass is 187 g/mol. The SMILES string of the molecule is CC(C)CC(C)NCC(C)(C)CO. The molecule has 1 atom stereocenters. The third kappa shape index (κ3) is 7.03. The van der Waals surface area contributed by atoms with E-state index in [0.29, 0.717) is 6.04 Å². The lowest BCUT2D eigenvalue weighted by atomic mass is 9.94. The predicted octanol–water partition coefficient (Wildman–Crippen LogP) is 2.03. The highest BCUT2D eigenvalue weighted by Gasteiger charge is 2.17. The second-order valence-corrected chi connectivity index (χ2v) is 5.23. The van der Waals surface area contributed by atoms with Crippen LogP contribution in [0.25, 0.3) is 0 Å². The summed E-state index contributed by atoms with van der Waals surface area (Å²) in [5, 5.41) is 12.5. The van der Waals surface area contributed by atoms with Crippen LogP contribution in [0.4, 0.5) is 0 Å². The summed E-state index contributed by atoms with van der Waals surface area (Å²) in [5.41, 5.74) is 0.00520. The van der Waals surface area contributed by atoms with Crippen molar-refractivity contribution in [2.75, 3.05) is 13.2 Å². The summed E-state index contributed by atoms with van der Waals surface area (Å²) in [5.74, 6) is 0.736. The first kappa shape index (κ1) is 12.9. The Bertz CT molecular complexity index is 132. The van der Waals surface area contributed by atoms with Crippen molar-refractivity contribution in [2.45, 2.75) is 47.1 Å². The van der Waals surface area contributed by atoms with Gasteiger partial charge in [0, 0.05) is 24.6 Å². The molecule has 0 aliphatic rings. The van der Waals surface area contributed by atoms with E-state index >= 15 is 0 Å². The van der Waals surface area contributed by atoms with Crippen LogP contribution < -0.4 is 5.32 Å². The molecule has 2 N–H and O–H groups in total. The largest absolute Gasteiger partial charge is 0.396 e. The number of nitrogens with one attached hydrogen (secondary N) is 1. The highest BCUT2D eigenvalue weighted by Crippen LogP contribution is 2.12. The van der Waals surface area contributed by atoms with Crippen molar-refractivity contribution in [2.24, 2.45) is 11.3 Å². The molecule has 0 rings (SSSR count). The second-order valence-electron chi connectivity index (χ2n) is 5.23. The van der Waals surface area contributed by atoms with E-state index in [1.807, 2.05) is 0 Å². The first-order valence-electron chi connectivity index (χ1n) is 5.21.